The first-order valence-corrected chi connectivity index (χ1v) is 12.3. The molecule has 1 aliphatic heterocycles. The molecule has 5 rings (SSSR count). The van der Waals surface area contributed by atoms with E-state index in [1.165, 1.54) is 0 Å². The van der Waals surface area contributed by atoms with Crippen molar-refractivity contribution in [3.63, 3.8) is 0 Å². The standard InChI is InChI=1S/C28H30N2O5/c31-26(32)14-13-25(27(33)30-15-18-7-1-2-8-19(18)16-30)29-28(34)35-17-24-22-11-5-3-9-20(22)21-10-4-6-12-23(21)24/h1-6,9-12,18-19,24-25H,7-8,13-17H2,(H,29,34)(H,31,32)/t18-,19+,25?. The lowest BCUT2D eigenvalue weighted by molar-refractivity contribution is -0.137. The van der Waals surface area contributed by atoms with Gasteiger partial charge in [0.1, 0.15) is 12.6 Å². The molecule has 7 heteroatoms. The summed E-state index contributed by atoms with van der Waals surface area (Å²) in [5.41, 5.74) is 4.48. The molecule has 1 fully saturated rings. The number of carboxylic acids is 1. The molecule has 0 aromatic heterocycles. The summed E-state index contributed by atoms with van der Waals surface area (Å²) in [6.07, 6.45) is 5.35. The molecule has 3 aliphatic rings. The van der Waals surface area contributed by atoms with Gasteiger partial charge in [0.05, 0.1) is 0 Å². The van der Waals surface area contributed by atoms with Crippen LogP contribution >= 0.6 is 0 Å². The van der Waals surface area contributed by atoms with Crippen LogP contribution in [0.5, 0.6) is 0 Å². The number of amides is 2. The molecule has 1 unspecified atom stereocenters. The van der Waals surface area contributed by atoms with Crippen LogP contribution in [-0.2, 0) is 14.3 Å². The molecule has 1 saturated heterocycles. The van der Waals surface area contributed by atoms with Gasteiger partial charge in [-0.3, -0.25) is 9.59 Å². The SMILES string of the molecule is O=C(O)CCC(NC(=O)OCC1c2ccccc2-c2ccccc21)C(=O)N1C[C@H]2CC=CC[C@H]2C1. The number of aliphatic carboxylic acids is 1. The number of carbonyl (C=O) groups excluding carboxylic acids is 2. The van der Waals surface area contributed by atoms with Gasteiger partial charge in [0.2, 0.25) is 5.91 Å². The summed E-state index contributed by atoms with van der Waals surface area (Å²) >= 11 is 0. The van der Waals surface area contributed by atoms with Gasteiger partial charge in [0.15, 0.2) is 0 Å². The maximum Gasteiger partial charge on any atom is 0.407 e. The quantitative estimate of drug-likeness (QED) is 0.587. The van der Waals surface area contributed by atoms with Crippen molar-refractivity contribution in [3.8, 4) is 11.1 Å². The predicted octanol–water partition coefficient (Wildman–Crippen LogP) is 4.18. The summed E-state index contributed by atoms with van der Waals surface area (Å²) in [6.45, 7) is 1.42. The van der Waals surface area contributed by atoms with Gasteiger partial charge in [0, 0.05) is 25.4 Å². The summed E-state index contributed by atoms with van der Waals surface area (Å²) in [7, 11) is 0. The summed E-state index contributed by atoms with van der Waals surface area (Å²) in [5, 5.41) is 11.8. The van der Waals surface area contributed by atoms with Crippen LogP contribution in [0.15, 0.2) is 60.7 Å². The minimum absolute atomic E-state index is 0.0302. The lowest BCUT2D eigenvalue weighted by Gasteiger charge is -2.24. The number of carboxylic acid groups (broad SMARTS) is 1. The van der Waals surface area contributed by atoms with Gasteiger partial charge >= 0.3 is 12.1 Å². The fraction of sp³-hybridized carbons (Fsp3) is 0.393. The maximum absolute atomic E-state index is 13.3. The van der Waals surface area contributed by atoms with Gasteiger partial charge in [-0.1, -0.05) is 60.7 Å². The van der Waals surface area contributed by atoms with Crippen LogP contribution in [0.4, 0.5) is 4.79 Å². The monoisotopic (exact) mass is 474 g/mol. The highest BCUT2D eigenvalue weighted by Gasteiger charge is 2.38. The summed E-state index contributed by atoms with van der Waals surface area (Å²) < 4.78 is 5.61. The van der Waals surface area contributed by atoms with Gasteiger partial charge in [-0.25, -0.2) is 4.79 Å². The highest BCUT2D eigenvalue weighted by Crippen LogP contribution is 2.44. The molecule has 7 nitrogen and oxygen atoms in total. The number of nitrogens with one attached hydrogen (secondary N) is 1. The van der Waals surface area contributed by atoms with Gasteiger partial charge in [-0.15, -0.1) is 0 Å². The number of alkyl carbamates (subject to hydrolysis) is 1. The van der Waals surface area contributed by atoms with Crippen LogP contribution in [0, 0.1) is 11.8 Å². The van der Waals surface area contributed by atoms with Crippen molar-refractivity contribution in [2.24, 2.45) is 11.8 Å². The number of rotatable bonds is 7. The van der Waals surface area contributed by atoms with E-state index in [4.69, 9.17) is 9.84 Å². The van der Waals surface area contributed by atoms with E-state index in [9.17, 15) is 14.4 Å². The Morgan fingerprint density at radius 3 is 2.09 bits per heavy atom. The third-order valence-electron chi connectivity index (χ3n) is 7.51. The smallest absolute Gasteiger partial charge is 0.407 e. The average Bonchev–Trinajstić information content (AvgIpc) is 3.44. The zero-order valence-corrected chi connectivity index (χ0v) is 19.6. The fourth-order valence-corrected chi connectivity index (χ4v) is 5.72. The number of ether oxygens (including phenoxy) is 1. The van der Waals surface area contributed by atoms with Crippen molar-refractivity contribution < 1.29 is 24.2 Å². The number of carbonyl (C=O) groups is 3. The van der Waals surface area contributed by atoms with E-state index < -0.39 is 18.1 Å². The first kappa shape index (κ1) is 23.1. The van der Waals surface area contributed by atoms with E-state index in [0.29, 0.717) is 24.9 Å². The second kappa shape index (κ2) is 9.94. The normalized spacial score (nSPS) is 21.1. The Labute approximate surface area is 204 Å². The molecule has 0 radical (unpaired) electrons. The van der Waals surface area contributed by atoms with Crippen molar-refractivity contribution in [1.82, 2.24) is 10.2 Å². The third kappa shape index (κ3) is 4.81. The van der Waals surface area contributed by atoms with Crippen LogP contribution in [0.1, 0.15) is 42.7 Å². The molecule has 0 saturated carbocycles. The minimum atomic E-state index is -1.00. The maximum atomic E-state index is 13.3. The van der Waals surface area contributed by atoms with Crippen LogP contribution in [0.2, 0.25) is 0 Å². The van der Waals surface area contributed by atoms with E-state index >= 15 is 0 Å². The lowest BCUT2D eigenvalue weighted by atomic mass is 9.86. The Morgan fingerprint density at radius 1 is 0.943 bits per heavy atom. The van der Waals surface area contributed by atoms with Crippen molar-refractivity contribution in [2.45, 2.75) is 37.6 Å². The molecule has 2 amide bonds. The molecule has 2 aromatic carbocycles. The molecule has 0 bridgehead atoms. The second-order valence-electron chi connectivity index (χ2n) is 9.66. The number of benzene rings is 2. The minimum Gasteiger partial charge on any atom is -0.481 e. The molecule has 2 aliphatic carbocycles. The van der Waals surface area contributed by atoms with E-state index in [1.807, 2.05) is 36.4 Å². The summed E-state index contributed by atoms with van der Waals surface area (Å²) in [4.78, 5) is 39.0. The fourth-order valence-electron chi connectivity index (χ4n) is 5.72. The van der Waals surface area contributed by atoms with Crippen molar-refractivity contribution in [1.29, 1.82) is 0 Å². The van der Waals surface area contributed by atoms with Crippen LogP contribution in [0.3, 0.4) is 0 Å². The van der Waals surface area contributed by atoms with Gasteiger partial charge < -0.3 is 20.1 Å². The molecule has 3 atom stereocenters. The van der Waals surface area contributed by atoms with Crippen molar-refractivity contribution in [2.75, 3.05) is 19.7 Å². The predicted molar refractivity (Wildman–Crippen MR) is 131 cm³/mol. The lowest BCUT2D eigenvalue weighted by Crippen LogP contribution is -2.48. The molecule has 2 aromatic rings. The van der Waals surface area contributed by atoms with E-state index in [-0.39, 0.29) is 31.3 Å². The zero-order chi connectivity index (χ0) is 24.4. The van der Waals surface area contributed by atoms with Crippen LogP contribution in [-0.4, -0.2) is 53.7 Å². The molecule has 0 spiro atoms. The first-order valence-electron chi connectivity index (χ1n) is 12.3. The molecule has 1 heterocycles. The first-order chi connectivity index (χ1) is 17.0. The van der Waals surface area contributed by atoms with Crippen molar-refractivity contribution in [3.05, 3.63) is 71.8 Å². The number of nitrogens with zero attached hydrogens (tertiary/aromatic N) is 1. The van der Waals surface area contributed by atoms with Gasteiger partial charge in [-0.05, 0) is 53.4 Å². The largest absolute Gasteiger partial charge is 0.481 e. The number of allylic oxidation sites excluding steroid dienone is 2. The van der Waals surface area contributed by atoms with Gasteiger partial charge in [-0.2, -0.15) is 0 Å². The van der Waals surface area contributed by atoms with E-state index in [0.717, 1.165) is 35.1 Å². The van der Waals surface area contributed by atoms with Crippen LogP contribution in [0.25, 0.3) is 11.1 Å². The summed E-state index contributed by atoms with van der Waals surface area (Å²) in [6, 6.07) is 15.2. The number of hydrogen-bond acceptors (Lipinski definition) is 4. The Bertz CT molecular complexity index is 1100. The third-order valence-corrected chi connectivity index (χ3v) is 7.51. The average molecular weight is 475 g/mol. The molecule has 182 valence electrons. The molecular formula is C28H30N2O5. The van der Waals surface area contributed by atoms with E-state index in [2.05, 4.69) is 29.6 Å². The molecule has 2 N–H and O–H groups in total. The topological polar surface area (TPSA) is 95.9 Å². The van der Waals surface area contributed by atoms with Crippen LogP contribution < -0.4 is 5.32 Å². The Balaban J connectivity index is 1.24. The molecular weight excluding hydrogens is 444 g/mol. The Morgan fingerprint density at radius 2 is 1.51 bits per heavy atom. The van der Waals surface area contributed by atoms with E-state index in [1.54, 1.807) is 4.90 Å². The highest BCUT2D eigenvalue weighted by atomic mass is 16.5. The molecule has 35 heavy (non-hydrogen) atoms. The van der Waals surface area contributed by atoms with Crippen molar-refractivity contribution >= 4 is 18.0 Å². The Kier molecular flexibility index (Phi) is 6.57. The second-order valence-corrected chi connectivity index (χ2v) is 9.66. The van der Waals surface area contributed by atoms with Gasteiger partial charge in [0.25, 0.3) is 0 Å². The highest BCUT2D eigenvalue weighted by molar-refractivity contribution is 5.86. The Hall–Kier alpha value is -3.61. The number of likely N-dealkylation sites (tertiary alicyclic amines) is 1. The number of hydrogen-bond donors (Lipinski definition) is 2. The number of fused-ring (bicyclic) bond motifs is 4. The summed E-state index contributed by atoms with van der Waals surface area (Å²) in [5.74, 6) is -0.460. The zero-order valence-electron chi connectivity index (χ0n) is 19.6.